The molecule has 0 bridgehead atoms. The average Bonchev–Trinajstić information content (AvgIpc) is 2.95. The summed E-state index contributed by atoms with van der Waals surface area (Å²) in [7, 11) is 0. The molecule has 0 unspecified atom stereocenters. The zero-order chi connectivity index (χ0) is 19.3. The first-order valence-corrected chi connectivity index (χ1v) is 8.71. The van der Waals surface area contributed by atoms with Crippen molar-refractivity contribution in [2.24, 2.45) is 5.92 Å². The minimum absolute atomic E-state index is 0.0621. The van der Waals surface area contributed by atoms with Gasteiger partial charge in [0.05, 0.1) is 5.92 Å². The van der Waals surface area contributed by atoms with Crippen LogP contribution in [-0.2, 0) is 22.5 Å². The summed E-state index contributed by atoms with van der Waals surface area (Å²) in [6, 6.07) is 7.98. The number of benzene rings is 1. The quantitative estimate of drug-likeness (QED) is 0.408. The molecule has 1 atom stereocenters. The molecule has 0 saturated heterocycles. The number of carbonyl (C=O) groups excluding carboxylic acids is 1. The standard InChI is InChI=1S/C19H25N3O4/c1-13(2)11-16-5-7-17(8-6-16)14(3)19(23)26-10-9-21-15(4)20-12-18(21)22(24)25/h5-8,12-14H,9-11H2,1-4H3/t14-/m0/s1. The first-order valence-electron chi connectivity index (χ1n) is 8.71. The molecule has 0 radical (unpaired) electrons. The largest absolute Gasteiger partial charge is 0.461 e. The molecule has 0 spiro atoms. The van der Waals surface area contributed by atoms with Crippen LogP contribution in [0, 0.1) is 23.0 Å². The maximum absolute atomic E-state index is 12.3. The van der Waals surface area contributed by atoms with Crippen LogP contribution in [0.3, 0.4) is 0 Å². The third-order valence-electron chi connectivity index (χ3n) is 4.26. The van der Waals surface area contributed by atoms with Gasteiger partial charge < -0.3 is 14.9 Å². The Labute approximate surface area is 153 Å². The van der Waals surface area contributed by atoms with E-state index in [9.17, 15) is 14.9 Å². The average molecular weight is 359 g/mol. The molecule has 0 amide bonds. The molecule has 1 heterocycles. The molecule has 7 nitrogen and oxygen atoms in total. The van der Waals surface area contributed by atoms with Crippen LogP contribution in [0.5, 0.6) is 0 Å². The topological polar surface area (TPSA) is 87.3 Å². The second-order valence-electron chi connectivity index (χ2n) is 6.80. The zero-order valence-corrected chi connectivity index (χ0v) is 15.6. The van der Waals surface area contributed by atoms with Crippen molar-refractivity contribution in [1.29, 1.82) is 0 Å². The van der Waals surface area contributed by atoms with Crippen LogP contribution in [0.1, 0.15) is 43.6 Å². The molecule has 140 valence electrons. The summed E-state index contributed by atoms with van der Waals surface area (Å²) in [5, 5.41) is 11.0. The fourth-order valence-corrected chi connectivity index (χ4v) is 2.79. The van der Waals surface area contributed by atoms with E-state index in [1.807, 2.05) is 24.3 Å². The summed E-state index contributed by atoms with van der Waals surface area (Å²) >= 11 is 0. The van der Waals surface area contributed by atoms with Gasteiger partial charge in [0.25, 0.3) is 0 Å². The summed E-state index contributed by atoms with van der Waals surface area (Å²) in [6.07, 6.45) is 2.21. The third-order valence-corrected chi connectivity index (χ3v) is 4.26. The Hall–Kier alpha value is -2.70. The Bertz CT molecular complexity index is 766. The van der Waals surface area contributed by atoms with Crippen molar-refractivity contribution in [2.75, 3.05) is 6.61 Å². The number of esters is 1. The van der Waals surface area contributed by atoms with Crippen LogP contribution in [0.4, 0.5) is 5.82 Å². The number of hydrogen-bond acceptors (Lipinski definition) is 5. The highest BCUT2D eigenvalue weighted by molar-refractivity contribution is 5.77. The molecule has 26 heavy (non-hydrogen) atoms. The van der Waals surface area contributed by atoms with Gasteiger partial charge in [-0.25, -0.2) is 9.55 Å². The van der Waals surface area contributed by atoms with Gasteiger partial charge in [-0.05, 0) is 35.3 Å². The van der Waals surface area contributed by atoms with E-state index in [0.29, 0.717) is 11.7 Å². The fourth-order valence-electron chi connectivity index (χ4n) is 2.79. The van der Waals surface area contributed by atoms with E-state index >= 15 is 0 Å². The summed E-state index contributed by atoms with van der Waals surface area (Å²) < 4.78 is 6.74. The van der Waals surface area contributed by atoms with Crippen molar-refractivity contribution in [1.82, 2.24) is 9.55 Å². The number of aryl methyl sites for hydroxylation is 1. The normalized spacial score (nSPS) is 12.2. The van der Waals surface area contributed by atoms with Crippen LogP contribution in [0.15, 0.2) is 30.5 Å². The van der Waals surface area contributed by atoms with Crippen molar-refractivity contribution < 1.29 is 14.5 Å². The lowest BCUT2D eigenvalue weighted by Gasteiger charge is -2.13. The summed E-state index contributed by atoms with van der Waals surface area (Å²) in [5.74, 6) is 0.261. The number of carbonyl (C=O) groups is 1. The van der Waals surface area contributed by atoms with Gasteiger partial charge in [0.1, 0.15) is 19.3 Å². The van der Waals surface area contributed by atoms with E-state index in [1.54, 1.807) is 13.8 Å². The monoisotopic (exact) mass is 359 g/mol. The highest BCUT2D eigenvalue weighted by atomic mass is 16.6. The first-order chi connectivity index (χ1) is 12.3. The Balaban J connectivity index is 1.91. The van der Waals surface area contributed by atoms with Gasteiger partial charge in [-0.2, -0.15) is 0 Å². The van der Waals surface area contributed by atoms with Crippen molar-refractivity contribution in [3.8, 4) is 0 Å². The van der Waals surface area contributed by atoms with Gasteiger partial charge in [-0.1, -0.05) is 38.1 Å². The minimum Gasteiger partial charge on any atom is -0.461 e. The van der Waals surface area contributed by atoms with E-state index in [2.05, 4.69) is 18.8 Å². The van der Waals surface area contributed by atoms with Crippen molar-refractivity contribution >= 4 is 11.8 Å². The van der Waals surface area contributed by atoms with E-state index in [0.717, 1.165) is 12.0 Å². The number of nitro groups is 1. The van der Waals surface area contributed by atoms with E-state index in [-0.39, 0.29) is 30.9 Å². The minimum atomic E-state index is -0.497. The fraction of sp³-hybridized carbons (Fsp3) is 0.474. The van der Waals surface area contributed by atoms with E-state index < -0.39 is 4.92 Å². The molecule has 0 fully saturated rings. The van der Waals surface area contributed by atoms with Crippen LogP contribution < -0.4 is 0 Å². The second-order valence-corrected chi connectivity index (χ2v) is 6.80. The van der Waals surface area contributed by atoms with E-state index in [4.69, 9.17) is 4.74 Å². The molecule has 2 rings (SSSR count). The number of rotatable bonds is 8. The van der Waals surface area contributed by atoms with Crippen molar-refractivity contribution in [3.63, 3.8) is 0 Å². The Morgan fingerprint density at radius 1 is 1.27 bits per heavy atom. The molecule has 0 aliphatic carbocycles. The molecule has 0 aliphatic heterocycles. The van der Waals surface area contributed by atoms with Crippen LogP contribution in [0.25, 0.3) is 0 Å². The Morgan fingerprint density at radius 2 is 1.92 bits per heavy atom. The van der Waals surface area contributed by atoms with Crippen LogP contribution in [-0.4, -0.2) is 27.1 Å². The molecule has 1 aromatic carbocycles. The Kier molecular flexibility index (Phi) is 6.49. The number of nitrogens with zero attached hydrogens (tertiary/aromatic N) is 3. The predicted molar refractivity (Wildman–Crippen MR) is 98.0 cm³/mol. The summed E-state index contributed by atoms with van der Waals surface area (Å²) in [6.45, 7) is 8.07. The maximum atomic E-state index is 12.3. The smallest absolute Gasteiger partial charge is 0.342 e. The molecule has 0 aliphatic rings. The van der Waals surface area contributed by atoms with Crippen molar-refractivity contribution in [3.05, 3.63) is 57.5 Å². The lowest BCUT2D eigenvalue weighted by atomic mass is 9.97. The van der Waals surface area contributed by atoms with Gasteiger partial charge in [0.2, 0.25) is 0 Å². The predicted octanol–water partition coefficient (Wildman–Crippen LogP) is 3.65. The molecule has 0 saturated carbocycles. The SMILES string of the molecule is Cc1ncc([N+](=O)[O-])n1CCOC(=O)[C@@H](C)c1ccc(CC(C)C)cc1. The Morgan fingerprint density at radius 3 is 2.50 bits per heavy atom. The number of imidazole rings is 1. The maximum Gasteiger partial charge on any atom is 0.342 e. The number of aromatic nitrogens is 2. The molecule has 7 heteroatoms. The van der Waals surface area contributed by atoms with Crippen LogP contribution >= 0.6 is 0 Å². The summed E-state index contributed by atoms with van der Waals surface area (Å²) in [4.78, 5) is 26.6. The van der Waals surface area contributed by atoms with Gasteiger partial charge in [0.15, 0.2) is 5.82 Å². The number of ether oxygens (including phenoxy) is 1. The molecular formula is C19H25N3O4. The molecular weight excluding hydrogens is 334 g/mol. The lowest BCUT2D eigenvalue weighted by molar-refractivity contribution is -0.392. The van der Waals surface area contributed by atoms with Crippen molar-refractivity contribution in [2.45, 2.75) is 46.6 Å². The molecule has 1 aromatic heterocycles. The third kappa shape index (κ3) is 4.91. The first kappa shape index (κ1) is 19.6. The molecule has 0 N–H and O–H groups in total. The van der Waals surface area contributed by atoms with Gasteiger partial charge in [0, 0.05) is 6.92 Å². The summed E-state index contributed by atoms with van der Waals surface area (Å²) in [5.41, 5.74) is 2.14. The second kappa shape index (κ2) is 8.60. The highest BCUT2D eigenvalue weighted by Gasteiger charge is 2.20. The van der Waals surface area contributed by atoms with E-state index in [1.165, 1.54) is 16.3 Å². The van der Waals surface area contributed by atoms with Gasteiger partial charge in [-0.3, -0.25) is 4.79 Å². The van der Waals surface area contributed by atoms with Crippen LogP contribution in [0.2, 0.25) is 0 Å². The highest BCUT2D eigenvalue weighted by Crippen LogP contribution is 2.19. The lowest BCUT2D eigenvalue weighted by Crippen LogP contribution is -2.17. The number of hydrogen-bond donors (Lipinski definition) is 0. The van der Waals surface area contributed by atoms with Gasteiger partial charge in [-0.15, -0.1) is 0 Å². The zero-order valence-electron chi connectivity index (χ0n) is 15.6. The van der Waals surface area contributed by atoms with Gasteiger partial charge >= 0.3 is 11.8 Å². The molecule has 2 aromatic rings.